The van der Waals surface area contributed by atoms with Gasteiger partial charge in [0.1, 0.15) is 5.69 Å². The summed E-state index contributed by atoms with van der Waals surface area (Å²) >= 11 is 1.52. The van der Waals surface area contributed by atoms with Crippen molar-refractivity contribution in [3.05, 3.63) is 16.3 Å². The highest BCUT2D eigenvalue weighted by Gasteiger charge is 2.22. The van der Waals surface area contributed by atoms with Crippen molar-refractivity contribution in [1.29, 1.82) is 0 Å². The second-order valence-corrected chi connectivity index (χ2v) is 5.55. The zero-order valence-corrected chi connectivity index (χ0v) is 11.4. The predicted octanol–water partition coefficient (Wildman–Crippen LogP) is 2.28. The number of ether oxygens (including phenoxy) is 1. The summed E-state index contributed by atoms with van der Waals surface area (Å²) in [5.41, 5.74) is 0.543. The Bertz CT molecular complexity index is 568. The van der Waals surface area contributed by atoms with Crippen LogP contribution in [0.4, 0.5) is 0 Å². The van der Waals surface area contributed by atoms with E-state index in [1.54, 1.807) is 0 Å². The molecule has 0 amide bonds. The minimum atomic E-state index is -0.653. The van der Waals surface area contributed by atoms with Crippen molar-refractivity contribution >= 4 is 17.3 Å². The van der Waals surface area contributed by atoms with Crippen molar-refractivity contribution in [3.8, 4) is 11.6 Å². The van der Waals surface area contributed by atoms with Crippen LogP contribution in [0.15, 0.2) is 9.80 Å². The predicted molar refractivity (Wildman–Crippen MR) is 65.4 cm³/mol. The Labute approximate surface area is 108 Å². The van der Waals surface area contributed by atoms with Gasteiger partial charge in [-0.3, -0.25) is 0 Å². The van der Waals surface area contributed by atoms with E-state index in [2.05, 4.69) is 40.7 Å². The summed E-state index contributed by atoms with van der Waals surface area (Å²) in [5.74, 6) is -0.597. The summed E-state index contributed by atoms with van der Waals surface area (Å²) < 4.78 is 9.69. The highest BCUT2D eigenvalue weighted by atomic mass is 32.1. The Morgan fingerprint density at radius 2 is 2.11 bits per heavy atom. The number of aromatic nitrogens is 3. The lowest BCUT2D eigenvalue weighted by Gasteiger charge is -2.13. The Balaban J connectivity index is 2.30. The summed E-state index contributed by atoms with van der Waals surface area (Å²) in [6.07, 6.45) is 0. The van der Waals surface area contributed by atoms with Crippen LogP contribution in [0, 0.1) is 0 Å². The summed E-state index contributed by atoms with van der Waals surface area (Å²) in [6.45, 7) is 6.22. The normalized spacial score (nSPS) is 11.6. The van der Waals surface area contributed by atoms with E-state index in [0.717, 1.165) is 5.01 Å². The number of hydrogen-bond acceptors (Lipinski definition) is 7. The van der Waals surface area contributed by atoms with Gasteiger partial charge in [0.05, 0.1) is 12.1 Å². The molecule has 0 radical (unpaired) electrons. The van der Waals surface area contributed by atoms with E-state index in [1.165, 1.54) is 18.4 Å². The number of carbonyl (C=O) groups excluding carboxylic acids is 1. The topological polar surface area (TPSA) is 78.1 Å². The van der Waals surface area contributed by atoms with E-state index in [-0.39, 0.29) is 17.2 Å². The molecule has 0 atom stereocenters. The van der Waals surface area contributed by atoms with Gasteiger partial charge in [0.2, 0.25) is 0 Å². The van der Waals surface area contributed by atoms with Crippen LogP contribution in [0.1, 0.15) is 36.5 Å². The van der Waals surface area contributed by atoms with Crippen molar-refractivity contribution in [1.82, 2.24) is 15.2 Å². The van der Waals surface area contributed by atoms with Crippen LogP contribution in [0.5, 0.6) is 0 Å². The van der Waals surface area contributed by atoms with Crippen molar-refractivity contribution in [2.24, 2.45) is 0 Å². The molecule has 18 heavy (non-hydrogen) atoms. The van der Waals surface area contributed by atoms with Crippen molar-refractivity contribution in [2.45, 2.75) is 26.2 Å². The Kier molecular flexibility index (Phi) is 3.16. The second kappa shape index (κ2) is 4.49. The first-order valence-electron chi connectivity index (χ1n) is 5.30. The molecule has 0 saturated carbocycles. The van der Waals surface area contributed by atoms with Gasteiger partial charge in [0.15, 0.2) is 0 Å². The second-order valence-electron chi connectivity index (χ2n) is 4.69. The van der Waals surface area contributed by atoms with Gasteiger partial charge >= 0.3 is 11.9 Å². The number of methoxy groups -OCH3 is 1. The molecule has 0 aliphatic rings. The minimum absolute atomic E-state index is 0.0336. The lowest BCUT2D eigenvalue weighted by molar-refractivity contribution is 0.0556. The zero-order valence-electron chi connectivity index (χ0n) is 10.6. The first kappa shape index (κ1) is 12.7. The molecule has 0 spiro atoms. The van der Waals surface area contributed by atoms with Crippen LogP contribution in [0.3, 0.4) is 0 Å². The molecule has 6 nitrogen and oxygen atoms in total. The molecule has 0 bridgehead atoms. The molecule has 2 rings (SSSR count). The smallest absolute Gasteiger partial charge is 0.396 e. The molecular formula is C11H13N3O3S. The molecule has 0 fully saturated rings. The molecule has 2 heterocycles. The van der Waals surface area contributed by atoms with Gasteiger partial charge in [-0.05, 0) is 0 Å². The average Bonchev–Trinajstić information content (AvgIpc) is 2.94. The summed E-state index contributed by atoms with van der Waals surface area (Å²) in [6, 6.07) is 0. The number of esters is 1. The molecule has 0 aliphatic heterocycles. The van der Waals surface area contributed by atoms with Crippen molar-refractivity contribution in [3.63, 3.8) is 0 Å². The zero-order chi connectivity index (χ0) is 13.3. The molecule has 0 aliphatic carbocycles. The molecule has 0 unspecified atom stereocenters. The maximum atomic E-state index is 11.2. The van der Waals surface area contributed by atoms with E-state index in [4.69, 9.17) is 4.42 Å². The summed E-state index contributed by atoms with van der Waals surface area (Å²) in [7, 11) is 1.26. The molecule has 96 valence electrons. The fourth-order valence-corrected chi connectivity index (χ4v) is 2.09. The van der Waals surface area contributed by atoms with Crippen LogP contribution in [0.2, 0.25) is 0 Å². The van der Waals surface area contributed by atoms with E-state index in [0.29, 0.717) is 5.69 Å². The lowest BCUT2D eigenvalue weighted by atomic mass is 9.98. The van der Waals surface area contributed by atoms with Crippen LogP contribution < -0.4 is 0 Å². The third kappa shape index (κ3) is 2.40. The largest absolute Gasteiger partial charge is 0.462 e. The van der Waals surface area contributed by atoms with Crippen molar-refractivity contribution in [2.75, 3.05) is 7.11 Å². The SMILES string of the molecule is COC(=O)c1nnc(-c2csc(C(C)(C)C)n2)o1. The van der Waals surface area contributed by atoms with E-state index < -0.39 is 5.97 Å². The Morgan fingerprint density at radius 3 is 2.67 bits per heavy atom. The third-order valence-corrected chi connectivity index (χ3v) is 3.42. The fraction of sp³-hybridized carbons (Fsp3) is 0.455. The molecule has 2 aromatic rings. The van der Waals surface area contributed by atoms with Gasteiger partial charge in [-0.15, -0.1) is 21.5 Å². The van der Waals surface area contributed by atoms with Gasteiger partial charge in [-0.25, -0.2) is 9.78 Å². The van der Waals surface area contributed by atoms with E-state index in [1.807, 2.05) is 5.38 Å². The standard InChI is InChI=1S/C11H13N3O3S/c1-11(2,3)10-12-6(5-18-10)7-13-14-8(17-7)9(15)16-4/h5H,1-4H3. The third-order valence-electron chi connectivity index (χ3n) is 2.15. The maximum Gasteiger partial charge on any atom is 0.396 e. The molecule has 0 saturated heterocycles. The van der Waals surface area contributed by atoms with Gasteiger partial charge in [-0.1, -0.05) is 20.8 Å². The summed E-state index contributed by atoms with van der Waals surface area (Å²) in [4.78, 5) is 15.6. The average molecular weight is 267 g/mol. The van der Waals surface area contributed by atoms with E-state index >= 15 is 0 Å². The Hall–Kier alpha value is -1.76. The van der Waals surface area contributed by atoms with Crippen molar-refractivity contribution < 1.29 is 13.9 Å². The van der Waals surface area contributed by atoms with Crippen LogP contribution in [-0.4, -0.2) is 28.3 Å². The Morgan fingerprint density at radius 1 is 1.39 bits per heavy atom. The number of carbonyl (C=O) groups is 1. The highest BCUT2D eigenvalue weighted by Crippen LogP contribution is 2.29. The summed E-state index contributed by atoms with van der Waals surface area (Å²) in [5, 5.41) is 10.2. The van der Waals surface area contributed by atoms with Crippen LogP contribution in [-0.2, 0) is 10.2 Å². The lowest BCUT2D eigenvalue weighted by Crippen LogP contribution is -2.10. The number of hydrogen-bond donors (Lipinski definition) is 0. The molecule has 0 aromatic carbocycles. The molecule has 7 heteroatoms. The van der Waals surface area contributed by atoms with Crippen LogP contribution in [0.25, 0.3) is 11.6 Å². The minimum Gasteiger partial charge on any atom is -0.462 e. The number of thiazole rings is 1. The van der Waals surface area contributed by atoms with E-state index in [9.17, 15) is 4.79 Å². The molecular weight excluding hydrogens is 254 g/mol. The van der Waals surface area contributed by atoms with Gasteiger partial charge in [0, 0.05) is 10.8 Å². The number of rotatable bonds is 2. The number of nitrogens with zero attached hydrogens (tertiary/aromatic N) is 3. The quantitative estimate of drug-likeness (QED) is 0.777. The van der Waals surface area contributed by atoms with Gasteiger partial charge in [0.25, 0.3) is 5.89 Å². The molecule has 2 aromatic heterocycles. The first-order chi connectivity index (χ1) is 8.41. The van der Waals surface area contributed by atoms with Crippen LogP contribution >= 0.6 is 11.3 Å². The van der Waals surface area contributed by atoms with Gasteiger partial charge in [-0.2, -0.15) is 0 Å². The highest BCUT2D eigenvalue weighted by molar-refractivity contribution is 7.10. The molecule has 0 N–H and O–H groups in total. The monoisotopic (exact) mass is 267 g/mol. The van der Waals surface area contributed by atoms with Gasteiger partial charge < -0.3 is 9.15 Å². The first-order valence-corrected chi connectivity index (χ1v) is 6.18. The fourth-order valence-electron chi connectivity index (χ4n) is 1.21. The maximum absolute atomic E-state index is 11.2.